The molecule has 0 heterocycles. The van der Waals surface area contributed by atoms with E-state index in [-0.39, 0.29) is 0 Å². The Kier molecular flexibility index (Phi) is 1.59. The Morgan fingerprint density at radius 1 is 1.70 bits per heavy atom. The molecular weight excluding hydrogens is 134 g/mol. The highest BCUT2D eigenvalue weighted by Crippen LogP contribution is 2.27. The van der Waals surface area contributed by atoms with E-state index in [1.165, 1.54) is 0 Å². The van der Waals surface area contributed by atoms with Gasteiger partial charge in [-0.2, -0.15) is 5.26 Å². The van der Waals surface area contributed by atoms with Crippen LogP contribution in [-0.2, 0) is 4.74 Å². The SMILES string of the molecule is N#CC1=C(OC(=O)O)CC1. The first-order chi connectivity index (χ1) is 4.74. The molecule has 1 aliphatic rings. The van der Waals surface area contributed by atoms with E-state index in [0.717, 1.165) is 0 Å². The van der Waals surface area contributed by atoms with Gasteiger partial charge >= 0.3 is 6.16 Å². The molecule has 1 aliphatic carbocycles. The molecule has 0 bridgehead atoms. The second-order valence-corrected chi connectivity index (χ2v) is 1.88. The van der Waals surface area contributed by atoms with Gasteiger partial charge in [0.2, 0.25) is 0 Å². The van der Waals surface area contributed by atoms with Crippen molar-refractivity contribution >= 4 is 6.16 Å². The van der Waals surface area contributed by atoms with Crippen LogP contribution < -0.4 is 0 Å². The number of hydrogen-bond acceptors (Lipinski definition) is 3. The summed E-state index contributed by atoms with van der Waals surface area (Å²) in [6, 6.07) is 1.85. The lowest BCUT2D eigenvalue weighted by molar-refractivity contribution is 0.111. The zero-order valence-electron chi connectivity index (χ0n) is 5.13. The van der Waals surface area contributed by atoms with Gasteiger partial charge in [-0.1, -0.05) is 0 Å². The van der Waals surface area contributed by atoms with Crippen LogP contribution in [0.15, 0.2) is 11.3 Å². The first-order valence-corrected chi connectivity index (χ1v) is 2.77. The standard InChI is InChI=1S/C6H5NO3/c7-3-4-1-2-5(4)10-6(8)9/h1-2H2,(H,8,9). The molecule has 0 spiro atoms. The lowest BCUT2D eigenvalue weighted by Gasteiger charge is -2.15. The van der Waals surface area contributed by atoms with Crippen LogP contribution in [0.4, 0.5) is 4.79 Å². The van der Waals surface area contributed by atoms with Gasteiger partial charge in [0.05, 0.1) is 11.6 Å². The molecule has 0 radical (unpaired) electrons. The fourth-order valence-electron chi connectivity index (χ4n) is 0.688. The molecule has 4 nitrogen and oxygen atoms in total. The smallest absolute Gasteiger partial charge is 0.449 e. The zero-order valence-corrected chi connectivity index (χ0v) is 5.13. The van der Waals surface area contributed by atoms with Gasteiger partial charge in [0.25, 0.3) is 0 Å². The topological polar surface area (TPSA) is 70.3 Å². The third-order valence-electron chi connectivity index (χ3n) is 1.28. The molecule has 0 atom stereocenters. The Bertz CT molecular complexity index is 236. The summed E-state index contributed by atoms with van der Waals surface area (Å²) >= 11 is 0. The van der Waals surface area contributed by atoms with Crippen LogP contribution in [-0.4, -0.2) is 11.3 Å². The van der Waals surface area contributed by atoms with E-state index >= 15 is 0 Å². The van der Waals surface area contributed by atoms with Crippen LogP contribution in [0.25, 0.3) is 0 Å². The molecule has 0 fully saturated rings. The van der Waals surface area contributed by atoms with E-state index in [1.807, 2.05) is 6.07 Å². The fourth-order valence-corrected chi connectivity index (χ4v) is 0.688. The van der Waals surface area contributed by atoms with Gasteiger partial charge < -0.3 is 9.84 Å². The highest BCUT2D eigenvalue weighted by atomic mass is 16.7. The van der Waals surface area contributed by atoms with Gasteiger partial charge in [-0.25, -0.2) is 4.79 Å². The van der Waals surface area contributed by atoms with E-state index in [9.17, 15) is 4.79 Å². The van der Waals surface area contributed by atoms with Crippen molar-refractivity contribution in [2.75, 3.05) is 0 Å². The summed E-state index contributed by atoms with van der Waals surface area (Å²) in [5.41, 5.74) is 0.447. The van der Waals surface area contributed by atoms with Crippen molar-refractivity contribution in [1.29, 1.82) is 5.26 Å². The predicted octanol–water partition coefficient (Wildman–Crippen LogP) is 1.25. The Morgan fingerprint density at radius 2 is 2.40 bits per heavy atom. The second-order valence-electron chi connectivity index (χ2n) is 1.88. The Hall–Kier alpha value is -1.50. The molecule has 52 valence electrons. The summed E-state index contributed by atoms with van der Waals surface area (Å²) in [4.78, 5) is 9.90. The molecule has 0 unspecified atom stereocenters. The number of carboxylic acid groups (broad SMARTS) is 1. The maximum Gasteiger partial charge on any atom is 0.511 e. The van der Waals surface area contributed by atoms with Crippen LogP contribution in [0.3, 0.4) is 0 Å². The number of nitrogens with zero attached hydrogens (tertiary/aromatic N) is 1. The van der Waals surface area contributed by atoms with Crippen molar-refractivity contribution in [1.82, 2.24) is 0 Å². The maximum absolute atomic E-state index is 9.90. The maximum atomic E-state index is 9.90. The third kappa shape index (κ3) is 1.08. The van der Waals surface area contributed by atoms with Gasteiger partial charge in [0.1, 0.15) is 5.76 Å². The zero-order chi connectivity index (χ0) is 7.56. The highest BCUT2D eigenvalue weighted by Gasteiger charge is 2.20. The highest BCUT2D eigenvalue weighted by molar-refractivity contribution is 5.59. The molecule has 0 aromatic carbocycles. The second kappa shape index (κ2) is 2.40. The first kappa shape index (κ1) is 6.62. The van der Waals surface area contributed by atoms with Crippen LogP contribution in [0, 0.1) is 11.3 Å². The minimum Gasteiger partial charge on any atom is -0.449 e. The molecule has 0 aromatic heterocycles. The van der Waals surface area contributed by atoms with Crippen molar-refractivity contribution in [3.8, 4) is 6.07 Å². The molecule has 4 heteroatoms. The molecule has 0 saturated heterocycles. The Labute approximate surface area is 57.3 Å². The average Bonchev–Trinajstić information content (AvgIpc) is 1.82. The van der Waals surface area contributed by atoms with E-state index in [1.54, 1.807) is 0 Å². The van der Waals surface area contributed by atoms with Crippen molar-refractivity contribution in [2.45, 2.75) is 12.8 Å². The minimum atomic E-state index is -1.34. The lowest BCUT2D eigenvalue weighted by Crippen LogP contribution is -2.09. The van der Waals surface area contributed by atoms with Crippen LogP contribution in [0.5, 0.6) is 0 Å². The van der Waals surface area contributed by atoms with Gasteiger partial charge in [0.15, 0.2) is 0 Å². The van der Waals surface area contributed by atoms with Crippen molar-refractivity contribution < 1.29 is 14.6 Å². The molecule has 1 rings (SSSR count). The number of carbonyl (C=O) groups is 1. The summed E-state index contributed by atoms with van der Waals surface area (Å²) in [6.07, 6.45) is -0.142. The molecule has 0 aromatic rings. The van der Waals surface area contributed by atoms with E-state index in [4.69, 9.17) is 10.4 Å². The summed E-state index contributed by atoms with van der Waals surface area (Å²) in [5.74, 6) is 0.301. The molecule has 10 heavy (non-hydrogen) atoms. The molecule has 0 amide bonds. The van der Waals surface area contributed by atoms with Gasteiger partial charge in [0, 0.05) is 6.42 Å². The number of nitriles is 1. The Morgan fingerprint density at radius 3 is 2.70 bits per heavy atom. The summed E-state index contributed by atoms with van der Waals surface area (Å²) < 4.78 is 4.26. The first-order valence-electron chi connectivity index (χ1n) is 2.77. The fraction of sp³-hybridized carbons (Fsp3) is 0.333. The molecule has 0 aliphatic heterocycles. The van der Waals surface area contributed by atoms with Crippen LogP contribution in [0.2, 0.25) is 0 Å². The summed E-state index contributed by atoms with van der Waals surface area (Å²) in [7, 11) is 0. The average molecular weight is 139 g/mol. The predicted molar refractivity (Wildman–Crippen MR) is 31.0 cm³/mol. The lowest BCUT2D eigenvalue weighted by atomic mass is 9.98. The van der Waals surface area contributed by atoms with Crippen molar-refractivity contribution in [3.63, 3.8) is 0 Å². The van der Waals surface area contributed by atoms with Crippen molar-refractivity contribution in [3.05, 3.63) is 11.3 Å². The normalized spacial score (nSPS) is 15.5. The number of rotatable bonds is 1. The van der Waals surface area contributed by atoms with E-state index < -0.39 is 6.16 Å². The molecular formula is C6H5NO3. The van der Waals surface area contributed by atoms with E-state index in [0.29, 0.717) is 24.2 Å². The van der Waals surface area contributed by atoms with Crippen molar-refractivity contribution in [2.24, 2.45) is 0 Å². The molecule has 1 N–H and O–H groups in total. The van der Waals surface area contributed by atoms with Crippen LogP contribution in [0.1, 0.15) is 12.8 Å². The summed E-state index contributed by atoms with van der Waals surface area (Å²) in [6.45, 7) is 0. The molecule has 0 saturated carbocycles. The van der Waals surface area contributed by atoms with Gasteiger partial charge in [-0.3, -0.25) is 0 Å². The minimum absolute atomic E-state index is 0.301. The van der Waals surface area contributed by atoms with E-state index in [2.05, 4.69) is 4.74 Å². The van der Waals surface area contributed by atoms with Crippen LogP contribution >= 0.6 is 0 Å². The number of ether oxygens (including phenoxy) is 1. The Balaban J connectivity index is 2.59. The van der Waals surface area contributed by atoms with Gasteiger partial charge in [-0.15, -0.1) is 0 Å². The summed E-state index contributed by atoms with van der Waals surface area (Å²) in [5, 5.41) is 16.4. The number of allylic oxidation sites excluding steroid dienone is 2. The van der Waals surface area contributed by atoms with Gasteiger partial charge in [-0.05, 0) is 6.42 Å². The quantitative estimate of drug-likeness (QED) is 0.555. The monoisotopic (exact) mass is 139 g/mol. The third-order valence-corrected chi connectivity index (χ3v) is 1.28. The number of hydrogen-bond donors (Lipinski definition) is 1. The largest absolute Gasteiger partial charge is 0.511 e.